The number of anilines is 1. The van der Waals surface area contributed by atoms with E-state index in [2.05, 4.69) is 5.32 Å². The van der Waals surface area contributed by atoms with E-state index in [1.807, 2.05) is 26.8 Å². The quantitative estimate of drug-likeness (QED) is 0.897. The van der Waals surface area contributed by atoms with Crippen molar-refractivity contribution in [2.75, 3.05) is 12.4 Å². The summed E-state index contributed by atoms with van der Waals surface area (Å²) < 4.78 is 23.8. The Kier molecular flexibility index (Phi) is 3.79. The molecule has 4 heteroatoms. The van der Waals surface area contributed by atoms with Crippen molar-refractivity contribution in [2.45, 2.75) is 26.8 Å². The van der Waals surface area contributed by atoms with Gasteiger partial charge < -0.3 is 14.5 Å². The van der Waals surface area contributed by atoms with Gasteiger partial charge in [0.25, 0.3) is 0 Å². The maximum absolute atomic E-state index is 13.3. The Morgan fingerprint density at radius 3 is 2.58 bits per heavy atom. The van der Waals surface area contributed by atoms with Crippen LogP contribution in [-0.2, 0) is 0 Å². The van der Waals surface area contributed by atoms with Crippen LogP contribution in [-0.4, -0.2) is 7.11 Å². The Balaban J connectivity index is 2.19. The van der Waals surface area contributed by atoms with Crippen molar-refractivity contribution in [1.29, 1.82) is 0 Å². The van der Waals surface area contributed by atoms with Gasteiger partial charge in [-0.05, 0) is 39.0 Å². The van der Waals surface area contributed by atoms with E-state index < -0.39 is 0 Å². The van der Waals surface area contributed by atoms with E-state index in [-0.39, 0.29) is 17.6 Å². The van der Waals surface area contributed by atoms with Gasteiger partial charge in [-0.25, -0.2) is 4.39 Å². The summed E-state index contributed by atoms with van der Waals surface area (Å²) in [7, 11) is 1.45. The summed E-state index contributed by atoms with van der Waals surface area (Å²) in [6.07, 6.45) is 0. The molecule has 1 aromatic heterocycles. The predicted molar refractivity (Wildman–Crippen MR) is 73.2 cm³/mol. The standard InChI is InChI=1S/C15H18FNO2/c1-9-7-13(11(3)19-9)10(2)17-12-5-6-14(16)15(8-12)18-4/h5-8,10,17H,1-4H3. The smallest absolute Gasteiger partial charge is 0.165 e. The molecule has 0 aliphatic heterocycles. The number of nitrogens with one attached hydrogen (secondary N) is 1. The van der Waals surface area contributed by atoms with Gasteiger partial charge in [-0.1, -0.05) is 0 Å². The Bertz CT molecular complexity index is 578. The van der Waals surface area contributed by atoms with Crippen LogP contribution in [0.25, 0.3) is 0 Å². The van der Waals surface area contributed by atoms with E-state index in [0.29, 0.717) is 0 Å². The SMILES string of the molecule is COc1cc(NC(C)c2cc(C)oc2C)ccc1F. The average Bonchev–Trinajstić information content (AvgIpc) is 2.71. The molecule has 1 atom stereocenters. The lowest BCUT2D eigenvalue weighted by Gasteiger charge is -2.15. The number of ether oxygens (including phenoxy) is 1. The fourth-order valence-corrected chi connectivity index (χ4v) is 2.16. The number of methoxy groups -OCH3 is 1. The predicted octanol–water partition coefficient (Wildman–Crippen LogP) is 4.22. The number of halogens is 1. The van der Waals surface area contributed by atoms with Crippen LogP contribution < -0.4 is 10.1 Å². The molecule has 0 saturated heterocycles. The normalized spacial score (nSPS) is 12.3. The van der Waals surface area contributed by atoms with E-state index in [0.717, 1.165) is 22.8 Å². The first-order valence-electron chi connectivity index (χ1n) is 6.18. The molecule has 102 valence electrons. The van der Waals surface area contributed by atoms with Gasteiger partial charge in [0.1, 0.15) is 11.5 Å². The Labute approximate surface area is 112 Å². The van der Waals surface area contributed by atoms with Crippen molar-refractivity contribution in [3.63, 3.8) is 0 Å². The minimum absolute atomic E-state index is 0.0765. The van der Waals surface area contributed by atoms with Gasteiger partial charge in [-0.15, -0.1) is 0 Å². The van der Waals surface area contributed by atoms with Gasteiger partial charge >= 0.3 is 0 Å². The number of rotatable bonds is 4. The van der Waals surface area contributed by atoms with Crippen molar-refractivity contribution in [3.8, 4) is 5.75 Å². The summed E-state index contributed by atoms with van der Waals surface area (Å²) in [4.78, 5) is 0. The number of aryl methyl sites for hydroxylation is 2. The lowest BCUT2D eigenvalue weighted by atomic mass is 10.1. The number of hydrogen-bond acceptors (Lipinski definition) is 3. The van der Waals surface area contributed by atoms with Crippen LogP contribution in [0.3, 0.4) is 0 Å². The second-order valence-corrected chi connectivity index (χ2v) is 4.58. The zero-order chi connectivity index (χ0) is 14.0. The molecule has 0 amide bonds. The molecule has 2 rings (SSSR count). The second-order valence-electron chi connectivity index (χ2n) is 4.58. The maximum atomic E-state index is 13.3. The molecule has 0 radical (unpaired) electrons. The van der Waals surface area contributed by atoms with Gasteiger partial charge in [0.15, 0.2) is 11.6 Å². The molecule has 0 aliphatic carbocycles. The third kappa shape index (κ3) is 2.89. The Morgan fingerprint density at radius 2 is 2.00 bits per heavy atom. The van der Waals surface area contributed by atoms with E-state index in [9.17, 15) is 4.39 Å². The van der Waals surface area contributed by atoms with Gasteiger partial charge in [0.05, 0.1) is 13.2 Å². The van der Waals surface area contributed by atoms with Crippen LogP contribution in [0.4, 0.5) is 10.1 Å². The lowest BCUT2D eigenvalue weighted by Crippen LogP contribution is -2.07. The van der Waals surface area contributed by atoms with Gasteiger partial charge in [-0.2, -0.15) is 0 Å². The van der Waals surface area contributed by atoms with Gasteiger partial charge in [0, 0.05) is 17.3 Å². The van der Waals surface area contributed by atoms with E-state index in [1.165, 1.54) is 13.2 Å². The van der Waals surface area contributed by atoms with Crippen LogP contribution in [0.2, 0.25) is 0 Å². The number of furan rings is 1. The average molecular weight is 263 g/mol. The van der Waals surface area contributed by atoms with Gasteiger partial charge in [0.2, 0.25) is 0 Å². The van der Waals surface area contributed by atoms with Crippen LogP contribution in [0.5, 0.6) is 5.75 Å². The Morgan fingerprint density at radius 1 is 1.26 bits per heavy atom. The molecule has 1 N–H and O–H groups in total. The molecule has 0 spiro atoms. The highest BCUT2D eigenvalue weighted by molar-refractivity contribution is 5.50. The highest BCUT2D eigenvalue weighted by Gasteiger charge is 2.13. The fourth-order valence-electron chi connectivity index (χ4n) is 2.16. The topological polar surface area (TPSA) is 34.4 Å². The molecule has 3 nitrogen and oxygen atoms in total. The summed E-state index contributed by atoms with van der Waals surface area (Å²) in [6.45, 7) is 5.89. The molecule has 0 aliphatic rings. The molecule has 0 saturated carbocycles. The summed E-state index contributed by atoms with van der Waals surface area (Å²) >= 11 is 0. The van der Waals surface area contributed by atoms with E-state index >= 15 is 0 Å². The maximum Gasteiger partial charge on any atom is 0.165 e. The lowest BCUT2D eigenvalue weighted by molar-refractivity contribution is 0.387. The van der Waals surface area contributed by atoms with Gasteiger partial charge in [-0.3, -0.25) is 0 Å². The molecule has 1 aromatic carbocycles. The molecule has 19 heavy (non-hydrogen) atoms. The van der Waals surface area contributed by atoms with Crippen molar-refractivity contribution >= 4 is 5.69 Å². The summed E-state index contributed by atoms with van der Waals surface area (Å²) in [5.74, 6) is 1.65. The van der Waals surface area contributed by atoms with Crippen molar-refractivity contribution in [2.24, 2.45) is 0 Å². The first-order valence-corrected chi connectivity index (χ1v) is 6.18. The zero-order valence-corrected chi connectivity index (χ0v) is 11.6. The van der Waals surface area contributed by atoms with Crippen molar-refractivity contribution < 1.29 is 13.5 Å². The fraction of sp³-hybridized carbons (Fsp3) is 0.333. The monoisotopic (exact) mass is 263 g/mol. The van der Waals surface area contributed by atoms with E-state index in [4.69, 9.17) is 9.15 Å². The first kappa shape index (κ1) is 13.5. The second kappa shape index (κ2) is 5.34. The summed E-state index contributed by atoms with van der Waals surface area (Å²) in [5.41, 5.74) is 1.91. The Hall–Kier alpha value is -1.97. The third-order valence-electron chi connectivity index (χ3n) is 3.08. The van der Waals surface area contributed by atoms with Crippen LogP contribution in [0, 0.1) is 19.7 Å². The van der Waals surface area contributed by atoms with Crippen molar-refractivity contribution in [3.05, 3.63) is 47.2 Å². The molecule has 0 fully saturated rings. The zero-order valence-electron chi connectivity index (χ0n) is 11.6. The minimum atomic E-state index is -0.365. The molecular weight excluding hydrogens is 245 g/mol. The van der Waals surface area contributed by atoms with Crippen molar-refractivity contribution in [1.82, 2.24) is 0 Å². The number of benzene rings is 1. The molecule has 0 bridgehead atoms. The largest absolute Gasteiger partial charge is 0.494 e. The molecule has 1 unspecified atom stereocenters. The van der Waals surface area contributed by atoms with Crippen LogP contribution >= 0.6 is 0 Å². The summed E-state index contributed by atoms with van der Waals surface area (Å²) in [6, 6.07) is 6.81. The summed E-state index contributed by atoms with van der Waals surface area (Å²) in [5, 5.41) is 3.31. The van der Waals surface area contributed by atoms with Crippen LogP contribution in [0.1, 0.15) is 30.0 Å². The van der Waals surface area contributed by atoms with Crippen LogP contribution in [0.15, 0.2) is 28.7 Å². The molecule has 2 aromatic rings. The highest BCUT2D eigenvalue weighted by Crippen LogP contribution is 2.27. The minimum Gasteiger partial charge on any atom is -0.494 e. The number of hydrogen-bond donors (Lipinski definition) is 1. The van der Waals surface area contributed by atoms with E-state index in [1.54, 1.807) is 12.1 Å². The first-order chi connectivity index (χ1) is 9.01. The molecular formula is C15H18FNO2. The molecule has 1 heterocycles. The third-order valence-corrected chi connectivity index (χ3v) is 3.08. The highest BCUT2D eigenvalue weighted by atomic mass is 19.1.